The molecule has 5 unspecified atom stereocenters. The molecule has 4 nitrogen and oxygen atoms in total. The second kappa shape index (κ2) is 6.95. The zero-order valence-electron chi connectivity index (χ0n) is 13.7. The van der Waals surface area contributed by atoms with Crippen LogP contribution in [0.5, 0.6) is 0 Å². The SMILES string of the molecule is CC1CN(CC(O)CN2CCCC3CCCC32)CC(C)O1. The fourth-order valence-electron chi connectivity index (χ4n) is 4.84. The molecule has 2 saturated heterocycles. The number of aliphatic hydroxyl groups excluding tert-OH is 1. The van der Waals surface area contributed by atoms with Crippen LogP contribution in [0.4, 0.5) is 0 Å². The molecule has 122 valence electrons. The Morgan fingerprint density at radius 3 is 2.52 bits per heavy atom. The number of rotatable bonds is 4. The molecular weight excluding hydrogens is 264 g/mol. The third-order valence-electron chi connectivity index (χ3n) is 5.52. The Labute approximate surface area is 129 Å². The number of hydrogen-bond donors (Lipinski definition) is 1. The summed E-state index contributed by atoms with van der Waals surface area (Å²) in [7, 11) is 0. The fourth-order valence-corrected chi connectivity index (χ4v) is 4.84. The first-order valence-electron chi connectivity index (χ1n) is 8.91. The van der Waals surface area contributed by atoms with Gasteiger partial charge in [-0.2, -0.15) is 0 Å². The van der Waals surface area contributed by atoms with E-state index in [1.807, 2.05) is 0 Å². The number of aliphatic hydroxyl groups is 1. The highest BCUT2D eigenvalue weighted by Gasteiger charge is 2.35. The lowest BCUT2D eigenvalue weighted by molar-refractivity contribution is -0.0794. The molecular formula is C17H32N2O2. The van der Waals surface area contributed by atoms with Gasteiger partial charge in [-0.15, -0.1) is 0 Å². The van der Waals surface area contributed by atoms with E-state index in [-0.39, 0.29) is 18.3 Å². The Balaban J connectivity index is 1.48. The van der Waals surface area contributed by atoms with Gasteiger partial charge in [-0.05, 0) is 52.0 Å². The van der Waals surface area contributed by atoms with E-state index in [4.69, 9.17) is 4.74 Å². The molecule has 21 heavy (non-hydrogen) atoms. The molecule has 1 saturated carbocycles. The molecule has 0 radical (unpaired) electrons. The van der Waals surface area contributed by atoms with Crippen LogP contribution < -0.4 is 0 Å². The van der Waals surface area contributed by atoms with Crippen molar-refractivity contribution in [1.82, 2.24) is 9.80 Å². The van der Waals surface area contributed by atoms with Gasteiger partial charge in [0.25, 0.3) is 0 Å². The van der Waals surface area contributed by atoms with Gasteiger partial charge in [-0.25, -0.2) is 0 Å². The zero-order valence-corrected chi connectivity index (χ0v) is 13.7. The standard InChI is InChI=1S/C17H32N2O2/c1-13-9-18(10-14(2)21-13)11-16(20)12-19-8-4-6-15-5-3-7-17(15)19/h13-17,20H,3-12H2,1-2H3. The molecule has 2 aliphatic heterocycles. The maximum atomic E-state index is 10.5. The smallest absolute Gasteiger partial charge is 0.0793 e. The minimum absolute atomic E-state index is 0.221. The summed E-state index contributed by atoms with van der Waals surface area (Å²) in [6.45, 7) is 9.01. The Kier molecular flexibility index (Phi) is 5.20. The highest BCUT2D eigenvalue weighted by molar-refractivity contribution is 4.90. The van der Waals surface area contributed by atoms with Crippen molar-refractivity contribution in [1.29, 1.82) is 0 Å². The summed E-state index contributed by atoms with van der Waals surface area (Å²) in [5.74, 6) is 0.911. The van der Waals surface area contributed by atoms with E-state index < -0.39 is 0 Å². The minimum atomic E-state index is -0.221. The van der Waals surface area contributed by atoms with E-state index in [9.17, 15) is 5.11 Å². The lowest BCUT2D eigenvalue weighted by atomic mass is 9.92. The Bertz CT molecular complexity index is 329. The average Bonchev–Trinajstić information content (AvgIpc) is 2.86. The predicted octanol–water partition coefficient (Wildman–Crippen LogP) is 1.72. The van der Waals surface area contributed by atoms with Gasteiger partial charge < -0.3 is 9.84 Å². The molecule has 3 fully saturated rings. The highest BCUT2D eigenvalue weighted by atomic mass is 16.5. The molecule has 0 aromatic rings. The van der Waals surface area contributed by atoms with Crippen LogP contribution in [0.3, 0.4) is 0 Å². The first-order valence-corrected chi connectivity index (χ1v) is 8.91. The normalized spacial score (nSPS) is 40.1. The zero-order chi connectivity index (χ0) is 14.8. The van der Waals surface area contributed by atoms with Gasteiger partial charge in [0.2, 0.25) is 0 Å². The summed E-state index contributed by atoms with van der Waals surface area (Å²) >= 11 is 0. The van der Waals surface area contributed by atoms with Crippen molar-refractivity contribution in [3.8, 4) is 0 Å². The predicted molar refractivity (Wildman–Crippen MR) is 84.4 cm³/mol. The summed E-state index contributed by atoms with van der Waals surface area (Å²) in [5.41, 5.74) is 0. The second-order valence-electron chi connectivity index (χ2n) is 7.53. The van der Waals surface area contributed by atoms with Gasteiger partial charge in [0.05, 0.1) is 18.3 Å². The molecule has 3 rings (SSSR count). The fraction of sp³-hybridized carbons (Fsp3) is 1.00. The average molecular weight is 296 g/mol. The molecule has 4 heteroatoms. The number of ether oxygens (including phenoxy) is 1. The molecule has 0 aromatic heterocycles. The van der Waals surface area contributed by atoms with E-state index in [1.54, 1.807) is 0 Å². The molecule has 2 heterocycles. The molecule has 0 aromatic carbocycles. The number of morpholine rings is 1. The van der Waals surface area contributed by atoms with Crippen LogP contribution in [0.1, 0.15) is 46.0 Å². The molecule has 0 amide bonds. The molecule has 1 N–H and O–H groups in total. The topological polar surface area (TPSA) is 35.9 Å². The third-order valence-corrected chi connectivity index (χ3v) is 5.52. The summed E-state index contributed by atoms with van der Waals surface area (Å²) in [6.07, 6.45) is 7.24. The third kappa shape index (κ3) is 3.98. The van der Waals surface area contributed by atoms with Crippen molar-refractivity contribution >= 4 is 0 Å². The van der Waals surface area contributed by atoms with Gasteiger partial charge in [0, 0.05) is 32.2 Å². The summed E-state index contributed by atoms with van der Waals surface area (Å²) in [6, 6.07) is 0.760. The van der Waals surface area contributed by atoms with Crippen LogP contribution in [-0.4, -0.2) is 72.0 Å². The van der Waals surface area contributed by atoms with Gasteiger partial charge in [0.15, 0.2) is 0 Å². The monoisotopic (exact) mass is 296 g/mol. The van der Waals surface area contributed by atoms with Crippen LogP contribution in [0.25, 0.3) is 0 Å². The maximum absolute atomic E-state index is 10.5. The number of nitrogens with zero attached hydrogens (tertiary/aromatic N) is 2. The van der Waals surface area contributed by atoms with Gasteiger partial charge >= 0.3 is 0 Å². The first-order chi connectivity index (χ1) is 10.1. The van der Waals surface area contributed by atoms with Crippen molar-refractivity contribution in [2.45, 2.75) is 70.3 Å². The van der Waals surface area contributed by atoms with Crippen molar-refractivity contribution in [3.63, 3.8) is 0 Å². The van der Waals surface area contributed by atoms with E-state index in [0.717, 1.165) is 38.1 Å². The van der Waals surface area contributed by atoms with Gasteiger partial charge in [-0.1, -0.05) is 6.42 Å². The molecule has 3 aliphatic rings. The van der Waals surface area contributed by atoms with Gasteiger partial charge in [-0.3, -0.25) is 9.80 Å². The van der Waals surface area contributed by atoms with E-state index in [2.05, 4.69) is 23.6 Å². The van der Waals surface area contributed by atoms with Crippen LogP contribution in [0.2, 0.25) is 0 Å². The number of β-amino-alcohol motifs (C(OH)–C–C–N with tert-alkyl or cyclic N) is 1. The first kappa shape index (κ1) is 15.7. The summed E-state index contributed by atoms with van der Waals surface area (Å²) in [4.78, 5) is 4.96. The van der Waals surface area contributed by atoms with Crippen molar-refractivity contribution in [3.05, 3.63) is 0 Å². The summed E-state index contributed by atoms with van der Waals surface area (Å²) < 4.78 is 5.77. The van der Waals surface area contributed by atoms with Crippen molar-refractivity contribution in [2.24, 2.45) is 5.92 Å². The van der Waals surface area contributed by atoms with Crippen molar-refractivity contribution in [2.75, 3.05) is 32.7 Å². The van der Waals surface area contributed by atoms with Crippen LogP contribution in [0, 0.1) is 5.92 Å². The minimum Gasteiger partial charge on any atom is -0.390 e. The Morgan fingerprint density at radius 2 is 1.76 bits per heavy atom. The van der Waals surface area contributed by atoms with Crippen molar-refractivity contribution < 1.29 is 9.84 Å². The highest BCUT2D eigenvalue weighted by Crippen LogP contribution is 2.36. The molecule has 1 aliphatic carbocycles. The number of fused-ring (bicyclic) bond motifs is 1. The number of likely N-dealkylation sites (tertiary alicyclic amines) is 1. The van der Waals surface area contributed by atoms with E-state index in [1.165, 1.54) is 38.6 Å². The maximum Gasteiger partial charge on any atom is 0.0793 e. The number of piperidine rings is 1. The molecule has 5 atom stereocenters. The quantitative estimate of drug-likeness (QED) is 0.857. The van der Waals surface area contributed by atoms with Crippen LogP contribution in [0.15, 0.2) is 0 Å². The van der Waals surface area contributed by atoms with Crippen LogP contribution >= 0.6 is 0 Å². The Morgan fingerprint density at radius 1 is 1.05 bits per heavy atom. The molecule has 0 bridgehead atoms. The Hall–Kier alpha value is -0.160. The lowest BCUT2D eigenvalue weighted by Gasteiger charge is -2.40. The largest absolute Gasteiger partial charge is 0.390 e. The number of hydrogen-bond acceptors (Lipinski definition) is 4. The van der Waals surface area contributed by atoms with E-state index >= 15 is 0 Å². The summed E-state index contributed by atoms with van der Waals surface area (Å²) in [5, 5.41) is 10.5. The van der Waals surface area contributed by atoms with Gasteiger partial charge in [0.1, 0.15) is 0 Å². The lowest BCUT2D eigenvalue weighted by Crippen LogP contribution is -2.51. The molecule has 0 spiro atoms. The van der Waals surface area contributed by atoms with Crippen LogP contribution in [-0.2, 0) is 4.74 Å². The van der Waals surface area contributed by atoms with E-state index in [0.29, 0.717) is 0 Å². The second-order valence-corrected chi connectivity index (χ2v) is 7.53.